The zero-order chi connectivity index (χ0) is 13.7. The van der Waals surface area contributed by atoms with Crippen molar-refractivity contribution in [3.8, 4) is 11.8 Å². The maximum Gasteiger partial charge on any atom is 0.189 e. The largest absolute Gasteiger partial charge is 0.497 e. The van der Waals surface area contributed by atoms with Crippen molar-refractivity contribution in [2.75, 3.05) is 12.8 Å². The van der Waals surface area contributed by atoms with E-state index in [1.807, 2.05) is 30.3 Å². The van der Waals surface area contributed by atoms with Gasteiger partial charge in [-0.2, -0.15) is 5.26 Å². The number of thioether (sulfide) groups is 1. The fourth-order valence-electron chi connectivity index (χ4n) is 1.44. The summed E-state index contributed by atoms with van der Waals surface area (Å²) in [6, 6.07) is 9.72. The van der Waals surface area contributed by atoms with E-state index in [2.05, 4.69) is 9.97 Å². The minimum absolute atomic E-state index is 0.214. The number of hydrogen-bond donors (Lipinski definition) is 1. The third-order valence-electron chi connectivity index (χ3n) is 2.42. The normalized spacial score (nSPS) is 9.89. The van der Waals surface area contributed by atoms with Crippen LogP contribution in [-0.4, -0.2) is 17.1 Å². The molecule has 0 amide bonds. The van der Waals surface area contributed by atoms with Crippen LogP contribution in [0, 0.1) is 11.3 Å². The summed E-state index contributed by atoms with van der Waals surface area (Å²) in [5.74, 6) is 1.74. The molecule has 0 aliphatic carbocycles. The molecule has 0 fully saturated rings. The van der Waals surface area contributed by atoms with Gasteiger partial charge in [0, 0.05) is 5.75 Å². The first kappa shape index (κ1) is 13.2. The molecule has 0 saturated carbocycles. The lowest BCUT2D eigenvalue weighted by Crippen LogP contribution is -1.98. The van der Waals surface area contributed by atoms with Crippen molar-refractivity contribution in [3.05, 3.63) is 41.6 Å². The van der Waals surface area contributed by atoms with Crippen LogP contribution in [0.3, 0.4) is 0 Å². The average molecular weight is 272 g/mol. The highest BCUT2D eigenvalue weighted by molar-refractivity contribution is 7.98. The lowest BCUT2D eigenvalue weighted by Gasteiger charge is -2.04. The molecule has 2 rings (SSSR count). The molecule has 0 atom stereocenters. The number of nitriles is 1. The molecule has 0 aliphatic heterocycles. The number of ether oxygens (including phenoxy) is 1. The second-order valence-electron chi connectivity index (χ2n) is 3.70. The summed E-state index contributed by atoms with van der Waals surface area (Å²) in [7, 11) is 1.64. The number of rotatable bonds is 4. The van der Waals surface area contributed by atoms with Crippen LogP contribution in [0.25, 0.3) is 0 Å². The van der Waals surface area contributed by atoms with Crippen LogP contribution < -0.4 is 10.5 Å². The molecule has 0 aliphatic rings. The summed E-state index contributed by atoms with van der Waals surface area (Å²) in [6.45, 7) is 0. The van der Waals surface area contributed by atoms with Gasteiger partial charge in [-0.25, -0.2) is 9.97 Å². The van der Waals surface area contributed by atoms with E-state index >= 15 is 0 Å². The highest BCUT2D eigenvalue weighted by atomic mass is 32.2. The Morgan fingerprint density at radius 1 is 1.47 bits per heavy atom. The fraction of sp³-hybridized carbons (Fsp3) is 0.154. The Hall–Kier alpha value is -2.26. The predicted octanol–water partition coefficient (Wildman–Crippen LogP) is 2.23. The molecule has 19 heavy (non-hydrogen) atoms. The number of hydrogen-bond acceptors (Lipinski definition) is 6. The molecule has 0 spiro atoms. The summed E-state index contributed by atoms with van der Waals surface area (Å²) in [5, 5.41) is 9.30. The van der Waals surface area contributed by atoms with Gasteiger partial charge in [-0.05, 0) is 17.7 Å². The zero-order valence-electron chi connectivity index (χ0n) is 10.3. The van der Waals surface area contributed by atoms with Crippen molar-refractivity contribution in [2.24, 2.45) is 0 Å². The fourth-order valence-corrected chi connectivity index (χ4v) is 2.21. The summed E-state index contributed by atoms with van der Waals surface area (Å²) in [6.07, 6.45) is 1.44. The highest BCUT2D eigenvalue weighted by Crippen LogP contribution is 2.22. The van der Waals surface area contributed by atoms with Gasteiger partial charge < -0.3 is 10.5 Å². The maximum absolute atomic E-state index is 8.74. The van der Waals surface area contributed by atoms with Crippen LogP contribution in [0.5, 0.6) is 5.75 Å². The number of nitrogens with zero attached hydrogens (tertiary/aromatic N) is 3. The molecule has 0 saturated heterocycles. The Kier molecular flexibility index (Phi) is 4.21. The van der Waals surface area contributed by atoms with Crippen molar-refractivity contribution in [1.29, 1.82) is 5.26 Å². The van der Waals surface area contributed by atoms with Gasteiger partial charge in [0.2, 0.25) is 0 Å². The Morgan fingerprint density at radius 3 is 3.00 bits per heavy atom. The SMILES string of the molecule is COc1cccc(CSc2ncc(C#N)c(N)n2)c1. The first-order valence-corrected chi connectivity index (χ1v) is 6.50. The predicted molar refractivity (Wildman–Crippen MR) is 73.7 cm³/mol. The quantitative estimate of drug-likeness (QED) is 0.678. The third-order valence-corrected chi connectivity index (χ3v) is 3.35. The standard InChI is InChI=1S/C13H12N4OS/c1-18-11-4-2-3-9(5-11)8-19-13-16-7-10(6-14)12(15)17-13/h2-5,7H,8H2,1H3,(H2,15,16,17). The van der Waals surface area contributed by atoms with E-state index in [4.69, 9.17) is 15.7 Å². The van der Waals surface area contributed by atoms with Crippen molar-refractivity contribution in [3.63, 3.8) is 0 Å². The summed E-state index contributed by atoms with van der Waals surface area (Å²) in [4.78, 5) is 8.16. The minimum atomic E-state index is 0.214. The van der Waals surface area contributed by atoms with E-state index in [0.29, 0.717) is 16.5 Å². The molecule has 1 heterocycles. The van der Waals surface area contributed by atoms with E-state index in [1.165, 1.54) is 18.0 Å². The highest BCUT2D eigenvalue weighted by Gasteiger charge is 2.05. The van der Waals surface area contributed by atoms with Gasteiger partial charge in [0.15, 0.2) is 5.16 Å². The molecule has 1 aromatic heterocycles. The van der Waals surface area contributed by atoms with E-state index in [0.717, 1.165) is 11.3 Å². The number of aromatic nitrogens is 2. The van der Waals surface area contributed by atoms with Gasteiger partial charge in [-0.1, -0.05) is 23.9 Å². The second-order valence-corrected chi connectivity index (χ2v) is 4.65. The number of benzene rings is 1. The lowest BCUT2D eigenvalue weighted by atomic mass is 10.2. The van der Waals surface area contributed by atoms with Crippen LogP contribution in [0.2, 0.25) is 0 Å². The third kappa shape index (κ3) is 3.36. The van der Waals surface area contributed by atoms with Crippen LogP contribution >= 0.6 is 11.8 Å². The first-order valence-electron chi connectivity index (χ1n) is 5.51. The number of nitrogens with two attached hydrogens (primary N) is 1. The van der Waals surface area contributed by atoms with Crippen LogP contribution in [0.15, 0.2) is 35.6 Å². The van der Waals surface area contributed by atoms with Crippen LogP contribution in [-0.2, 0) is 5.75 Å². The number of nitrogen functional groups attached to an aromatic ring is 1. The van der Waals surface area contributed by atoms with Gasteiger partial charge in [0.25, 0.3) is 0 Å². The molecule has 0 radical (unpaired) electrons. The summed E-state index contributed by atoms with van der Waals surface area (Å²) in [5.41, 5.74) is 7.04. The molecule has 0 unspecified atom stereocenters. The van der Waals surface area contributed by atoms with Gasteiger partial charge in [0.1, 0.15) is 23.2 Å². The molecule has 2 N–H and O–H groups in total. The van der Waals surface area contributed by atoms with Crippen molar-refractivity contribution >= 4 is 17.6 Å². The topological polar surface area (TPSA) is 84.8 Å². The van der Waals surface area contributed by atoms with E-state index in [1.54, 1.807) is 7.11 Å². The Labute approximate surface area is 115 Å². The maximum atomic E-state index is 8.74. The van der Waals surface area contributed by atoms with Crippen molar-refractivity contribution in [1.82, 2.24) is 9.97 Å². The number of methoxy groups -OCH3 is 1. The smallest absolute Gasteiger partial charge is 0.189 e. The molecule has 5 nitrogen and oxygen atoms in total. The van der Waals surface area contributed by atoms with E-state index in [-0.39, 0.29) is 5.82 Å². The molecule has 2 aromatic rings. The van der Waals surface area contributed by atoms with E-state index < -0.39 is 0 Å². The average Bonchev–Trinajstić information content (AvgIpc) is 2.45. The Balaban J connectivity index is 2.06. The van der Waals surface area contributed by atoms with Gasteiger partial charge in [0.05, 0.1) is 13.3 Å². The molecular formula is C13H12N4OS. The first-order chi connectivity index (χ1) is 9.22. The van der Waals surface area contributed by atoms with Crippen molar-refractivity contribution in [2.45, 2.75) is 10.9 Å². The molecule has 0 bridgehead atoms. The molecule has 1 aromatic carbocycles. The number of anilines is 1. The van der Waals surface area contributed by atoms with E-state index in [9.17, 15) is 0 Å². The van der Waals surface area contributed by atoms with Gasteiger partial charge in [-0.3, -0.25) is 0 Å². The second kappa shape index (κ2) is 6.07. The molecule has 6 heteroatoms. The lowest BCUT2D eigenvalue weighted by molar-refractivity contribution is 0.414. The summed E-state index contributed by atoms with van der Waals surface area (Å²) < 4.78 is 5.16. The van der Waals surface area contributed by atoms with Gasteiger partial charge >= 0.3 is 0 Å². The minimum Gasteiger partial charge on any atom is -0.497 e. The zero-order valence-corrected chi connectivity index (χ0v) is 11.1. The monoisotopic (exact) mass is 272 g/mol. The molecule has 96 valence electrons. The van der Waals surface area contributed by atoms with Crippen LogP contribution in [0.1, 0.15) is 11.1 Å². The summed E-state index contributed by atoms with van der Waals surface area (Å²) >= 11 is 1.46. The molecular weight excluding hydrogens is 260 g/mol. The van der Waals surface area contributed by atoms with Crippen molar-refractivity contribution < 1.29 is 4.74 Å². The van der Waals surface area contributed by atoms with Crippen LogP contribution in [0.4, 0.5) is 5.82 Å². The Bertz CT molecular complexity index is 624. The van der Waals surface area contributed by atoms with Gasteiger partial charge in [-0.15, -0.1) is 0 Å². The Morgan fingerprint density at radius 2 is 2.32 bits per heavy atom.